The minimum Gasteiger partial charge on any atom is -0.357 e. The van der Waals surface area contributed by atoms with Crippen molar-refractivity contribution in [3.8, 4) is 0 Å². The van der Waals surface area contributed by atoms with Crippen LogP contribution in [0.1, 0.15) is 33.1 Å². The molecule has 7 nitrogen and oxygen atoms in total. The van der Waals surface area contributed by atoms with E-state index in [1.165, 1.54) is 6.42 Å². The Labute approximate surface area is 168 Å². The van der Waals surface area contributed by atoms with Gasteiger partial charge in [-0.15, -0.1) is 0 Å². The molecule has 1 aromatic rings. The predicted molar refractivity (Wildman–Crippen MR) is 114 cm³/mol. The number of piperidine rings is 1. The first-order valence-electron chi connectivity index (χ1n) is 10.6. The Hall–Kier alpha value is -2.31. The van der Waals surface area contributed by atoms with Gasteiger partial charge < -0.3 is 20.0 Å². The van der Waals surface area contributed by atoms with Gasteiger partial charge in [0, 0.05) is 58.4 Å². The predicted octanol–water partition coefficient (Wildman–Crippen LogP) is 1.82. The van der Waals surface area contributed by atoms with E-state index in [2.05, 4.69) is 40.0 Å². The molecule has 2 fully saturated rings. The summed E-state index contributed by atoms with van der Waals surface area (Å²) in [7, 11) is 0. The number of carbonyl (C=O) groups is 1. The summed E-state index contributed by atoms with van der Waals surface area (Å²) in [5, 5.41) is 3.38. The molecule has 2 saturated heterocycles. The summed E-state index contributed by atoms with van der Waals surface area (Å²) in [5.74, 6) is 2.81. The van der Waals surface area contributed by atoms with Crippen molar-refractivity contribution in [1.82, 2.24) is 20.1 Å². The number of nitrogens with zero attached hydrogens (tertiary/aromatic N) is 5. The number of aromatic nitrogens is 1. The van der Waals surface area contributed by atoms with E-state index in [0.29, 0.717) is 18.9 Å². The topological polar surface area (TPSA) is 64.1 Å². The first-order valence-corrected chi connectivity index (χ1v) is 10.6. The number of hydrogen-bond acceptors (Lipinski definition) is 4. The Kier molecular flexibility index (Phi) is 7.51. The van der Waals surface area contributed by atoms with Crippen molar-refractivity contribution in [3.63, 3.8) is 0 Å². The highest BCUT2D eigenvalue weighted by atomic mass is 16.2. The number of nitrogens with one attached hydrogen (secondary N) is 1. The summed E-state index contributed by atoms with van der Waals surface area (Å²) in [6, 6.07) is 6.03. The van der Waals surface area contributed by atoms with Gasteiger partial charge in [-0.2, -0.15) is 0 Å². The molecule has 0 radical (unpaired) electrons. The average Bonchev–Trinajstić information content (AvgIpc) is 2.74. The van der Waals surface area contributed by atoms with Gasteiger partial charge in [-0.3, -0.25) is 9.79 Å². The molecule has 2 aliphatic heterocycles. The summed E-state index contributed by atoms with van der Waals surface area (Å²) < 4.78 is 0. The molecule has 1 aromatic heterocycles. The Morgan fingerprint density at radius 3 is 2.71 bits per heavy atom. The third kappa shape index (κ3) is 5.59. The zero-order valence-electron chi connectivity index (χ0n) is 17.3. The summed E-state index contributed by atoms with van der Waals surface area (Å²) >= 11 is 0. The highest BCUT2D eigenvalue weighted by Crippen LogP contribution is 2.16. The number of likely N-dealkylation sites (tertiary alicyclic amines) is 1. The van der Waals surface area contributed by atoms with Gasteiger partial charge in [0.2, 0.25) is 5.91 Å². The van der Waals surface area contributed by atoms with Crippen LogP contribution in [0.2, 0.25) is 0 Å². The molecule has 0 saturated carbocycles. The normalized spacial score (nSPS) is 21.0. The van der Waals surface area contributed by atoms with Crippen LogP contribution in [0.3, 0.4) is 0 Å². The number of aliphatic imine (C=N–C) groups is 1. The van der Waals surface area contributed by atoms with E-state index in [0.717, 1.165) is 64.0 Å². The zero-order chi connectivity index (χ0) is 19.8. The van der Waals surface area contributed by atoms with Gasteiger partial charge >= 0.3 is 0 Å². The van der Waals surface area contributed by atoms with Crippen molar-refractivity contribution >= 4 is 17.7 Å². The Balaban J connectivity index is 1.49. The number of anilines is 1. The van der Waals surface area contributed by atoms with Crippen LogP contribution in [-0.2, 0) is 4.79 Å². The highest BCUT2D eigenvalue weighted by molar-refractivity contribution is 5.81. The van der Waals surface area contributed by atoms with Crippen LogP contribution in [0.25, 0.3) is 0 Å². The molecule has 3 heterocycles. The second-order valence-electron chi connectivity index (χ2n) is 7.73. The maximum Gasteiger partial charge on any atom is 0.224 e. The molecule has 0 aliphatic carbocycles. The Bertz CT molecular complexity index is 642. The van der Waals surface area contributed by atoms with Gasteiger partial charge in [0.1, 0.15) is 5.82 Å². The fourth-order valence-corrected chi connectivity index (χ4v) is 3.95. The van der Waals surface area contributed by atoms with E-state index >= 15 is 0 Å². The lowest BCUT2D eigenvalue weighted by Gasteiger charge is -2.37. The van der Waals surface area contributed by atoms with Crippen LogP contribution in [0.4, 0.5) is 5.82 Å². The van der Waals surface area contributed by atoms with E-state index in [-0.39, 0.29) is 5.91 Å². The molecular weight excluding hydrogens is 352 g/mol. The summed E-state index contributed by atoms with van der Waals surface area (Å²) in [6.07, 6.45) is 4.69. The van der Waals surface area contributed by atoms with Crippen molar-refractivity contribution in [1.29, 1.82) is 0 Å². The Morgan fingerprint density at radius 1 is 1.21 bits per heavy atom. The largest absolute Gasteiger partial charge is 0.357 e. The van der Waals surface area contributed by atoms with Crippen LogP contribution in [0, 0.1) is 5.92 Å². The third-order valence-corrected chi connectivity index (χ3v) is 5.48. The quantitative estimate of drug-likeness (QED) is 0.618. The number of carbonyl (C=O) groups excluding carboxylic acids is 1. The summed E-state index contributed by atoms with van der Waals surface area (Å²) in [6.45, 7) is 11.1. The van der Waals surface area contributed by atoms with Crippen LogP contribution >= 0.6 is 0 Å². The van der Waals surface area contributed by atoms with Crippen molar-refractivity contribution < 1.29 is 4.79 Å². The molecule has 3 rings (SSSR count). The number of piperazine rings is 1. The first kappa shape index (κ1) is 20.4. The van der Waals surface area contributed by atoms with E-state index < -0.39 is 0 Å². The number of hydrogen-bond donors (Lipinski definition) is 1. The molecule has 1 unspecified atom stereocenters. The molecule has 1 amide bonds. The Morgan fingerprint density at radius 2 is 2.04 bits per heavy atom. The van der Waals surface area contributed by atoms with Crippen LogP contribution in [0.5, 0.6) is 0 Å². The van der Waals surface area contributed by atoms with E-state index in [1.807, 2.05) is 23.2 Å². The van der Waals surface area contributed by atoms with Crippen LogP contribution in [0.15, 0.2) is 29.4 Å². The maximum absolute atomic E-state index is 12.5. The first-order chi connectivity index (χ1) is 13.7. The fraction of sp³-hybridized carbons (Fsp3) is 0.667. The highest BCUT2D eigenvalue weighted by Gasteiger charge is 2.22. The molecule has 0 aromatic carbocycles. The minimum atomic E-state index is 0.242. The van der Waals surface area contributed by atoms with E-state index in [1.54, 1.807) is 0 Å². The monoisotopic (exact) mass is 386 g/mol. The van der Waals surface area contributed by atoms with Gasteiger partial charge in [-0.1, -0.05) is 13.0 Å². The summed E-state index contributed by atoms with van der Waals surface area (Å²) in [4.78, 5) is 28.3. The van der Waals surface area contributed by atoms with Crippen LogP contribution in [-0.4, -0.2) is 79.0 Å². The van der Waals surface area contributed by atoms with Gasteiger partial charge in [0.15, 0.2) is 5.96 Å². The maximum atomic E-state index is 12.5. The molecule has 7 heteroatoms. The van der Waals surface area contributed by atoms with Crippen molar-refractivity contribution in [2.24, 2.45) is 10.9 Å². The van der Waals surface area contributed by atoms with Gasteiger partial charge in [-0.25, -0.2) is 4.98 Å². The van der Waals surface area contributed by atoms with Crippen molar-refractivity contribution in [3.05, 3.63) is 24.4 Å². The molecule has 1 atom stereocenters. The molecule has 28 heavy (non-hydrogen) atoms. The third-order valence-electron chi connectivity index (χ3n) is 5.48. The standard InChI is InChI=1S/C21H34N6O/c1-3-22-21(24-11-9-20(28)27-12-6-7-18(2)17-27)26-15-13-25(14-16-26)19-8-4-5-10-23-19/h4-5,8,10,18H,3,6-7,9,11-17H2,1-2H3,(H,22,24). The van der Waals surface area contributed by atoms with Crippen LogP contribution < -0.4 is 10.2 Å². The SMILES string of the molecule is CCNC(=NCCC(=O)N1CCCC(C)C1)N1CCN(c2ccccn2)CC1. The lowest BCUT2D eigenvalue weighted by atomic mass is 10.00. The fourth-order valence-electron chi connectivity index (χ4n) is 3.95. The molecule has 0 bridgehead atoms. The summed E-state index contributed by atoms with van der Waals surface area (Å²) in [5.41, 5.74) is 0. The van der Waals surface area contributed by atoms with Gasteiger partial charge in [-0.05, 0) is 37.8 Å². The average molecular weight is 387 g/mol. The molecular formula is C21H34N6O. The zero-order valence-corrected chi connectivity index (χ0v) is 17.3. The lowest BCUT2D eigenvalue weighted by Crippen LogP contribution is -2.52. The second kappa shape index (κ2) is 10.3. The number of pyridine rings is 1. The van der Waals surface area contributed by atoms with Crippen molar-refractivity contribution in [2.75, 3.05) is 57.3 Å². The van der Waals surface area contributed by atoms with E-state index in [4.69, 9.17) is 4.99 Å². The minimum absolute atomic E-state index is 0.242. The number of rotatable bonds is 5. The molecule has 154 valence electrons. The number of guanidine groups is 1. The molecule has 2 aliphatic rings. The van der Waals surface area contributed by atoms with Gasteiger partial charge in [0.05, 0.1) is 6.54 Å². The smallest absolute Gasteiger partial charge is 0.224 e. The lowest BCUT2D eigenvalue weighted by molar-refractivity contribution is -0.132. The van der Waals surface area contributed by atoms with Crippen molar-refractivity contribution in [2.45, 2.75) is 33.1 Å². The molecule has 1 N–H and O–H groups in total. The second-order valence-corrected chi connectivity index (χ2v) is 7.73. The number of amides is 1. The molecule has 0 spiro atoms. The van der Waals surface area contributed by atoms with E-state index in [9.17, 15) is 4.79 Å². The van der Waals surface area contributed by atoms with Gasteiger partial charge in [0.25, 0.3) is 0 Å².